The lowest BCUT2D eigenvalue weighted by molar-refractivity contribution is 0.368. The summed E-state index contributed by atoms with van der Waals surface area (Å²) in [5.74, 6) is 0.684. The van der Waals surface area contributed by atoms with Crippen LogP contribution in [0.25, 0.3) is 0 Å². The minimum Gasteiger partial charge on any atom is -0.479 e. The maximum absolute atomic E-state index is 8.25. The Morgan fingerprint density at radius 3 is 2.92 bits per heavy atom. The standard InChI is InChI=1S/C9H10N2O/c1-7-6-8(12-5-4-10)2-3-9(7)11/h2-3,6H,5,11H2,1H3. The summed E-state index contributed by atoms with van der Waals surface area (Å²) in [7, 11) is 0. The van der Waals surface area contributed by atoms with Crippen LogP contribution in [0.1, 0.15) is 5.56 Å². The molecule has 0 saturated heterocycles. The van der Waals surface area contributed by atoms with Crippen LogP contribution in [0.3, 0.4) is 0 Å². The molecular formula is C9H10N2O. The average Bonchev–Trinajstić information content (AvgIpc) is 2.07. The Bertz CT molecular complexity index is 315. The summed E-state index contributed by atoms with van der Waals surface area (Å²) in [5, 5.41) is 8.25. The third-order valence-corrected chi connectivity index (χ3v) is 1.54. The van der Waals surface area contributed by atoms with Crippen molar-refractivity contribution in [3.8, 4) is 11.8 Å². The molecule has 0 radical (unpaired) electrons. The van der Waals surface area contributed by atoms with Gasteiger partial charge in [0.25, 0.3) is 0 Å². The number of aryl methyl sites for hydroxylation is 1. The number of ether oxygens (including phenoxy) is 1. The average molecular weight is 162 g/mol. The summed E-state index contributed by atoms with van der Waals surface area (Å²) in [6.45, 7) is 1.97. The number of hydrogen-bond donors (Lipinski definition) is 1. The van der Waals surface area contributed by atoms with Gasteiger partial charge in [0.1, 0.15) is 11.8 Å². The van der Waals surface area contributed by atoms with E-state index in [9.17, 15) is 0 Å². The lowest BCUT2D eigenvalue weighted by atomic mass is 10.2. The Hall–Kier alpha value is -1.69. The number of nitriles is 1. The number of hydrogen-bond acceptors (Lipinski definition) is 3. The van der Waals surface area contributed by atoms with Crippen LogP contribution in [0.4, 0.5) is 5.69 Å². The minimum atomic E-state index is 0.0728. The molecular weight excluding hydrogens is 152 g/mol. The SMILES string of the molecule is Cc1cc(OCC#N)ccc1N. The highest BCUT2D eigenvalue weighted by molar-refractivity contribution is 5.49. The van der Waals surface area contributed by atoms with Gasteiger partial charge >= 0.3 is 0 Å². The number of rotatable bonds is 2. The second-order valence-corrected chi connectivity index (χ2v) is 2.47. The summed E-state index contributed by atoms with van der Waals surface area (Å²) < 4.78 is 5.07. The van der Waals surface area contributed by atoms with E-state index in [0.717, 1.165) is 11.3 Å². The molecule has 0 fully saturated rings. The van der Waals surface area contributed by atoms with Crippen molar-refractivity contribution in [2.45, 2.75) is 6.92 Å². The van der Waals surface area contributed by atoms with Gasteiger partial charge in [0.05, 0.1) is 0 Å². The Kier molecular flexibility index (Phi) is 2.54. The Morgan fingerprint density at radius 1 is 1.58 bits per heavy atom. The summed E-state index contributed by atoms with van der Waals surface area (Å²) in [4.78, 5) is 0. The number of nitrogens with two attached hydrogens (primary N) is 1. The van der Waals surface area contributed by atoms with Crippen LogP contribution in [-0.4, -0.2) is 6.61 Å². The van der Waals surface area contributed by atoms with Crippen LogP contribution in [-0.2, 0) is 0 Å². The monoisotopic (exact) mass is 162 g/mol. The molecule has 1 rings (SSSR count). The molecule has 0 aliphatic carbocycles. The maximum Gasteiger partial charge on any atom is 0.174 e. The van der Waals surface area contributed by atoms with Gasteiger partial charge in [-0.3, -0.25) is 0 Å². The van der Waals surface area contributed by atoms with E-state index in [4.69, 9.17) is 15.7 Å². The first-order valence-electron chi connectivity index (χ1n) is 3.60. The van der Waals surface area contributed by atoms with Gasteiger partial charge in [-0.15, -0.1) is 0 Å². The molecule has 12 heavy (non-hydrogen) atoms. The predicted octanol–water partition coefficient (Wildman–Crippen LogP) is 1.48. The van der Waals surface area contributed by atoms with Crippen molar-refractivity contribution in [1.29, 1.82) is 5.26 Å². The lowest BCUT2D eigenvalue weighted by Crippen LogP contribution is -1.95. The van der Waals surface area contributed by atoms with E-state index >= 15 is 0 Å². The molecule has 2 N–H and O–H groups in total. The van der Waals surface area contributed by atoms with Crippen molar-refractivity contribution in [2.24, 2.45) is 0 Å². The van der Waals surface area contributed by atoms with Gasteiger partial charge in [-0.25, -0.2) is 0 Å². The second kappa shape index (κ2) is 3.63. The van der Waals surface area contributed by atoms with E-state index in [1.807, 2.05) is 19.1 Å². The van der Waals surface area contributed by atoms with Gasteiger partial charge in [-0.2, -0.15) is 5.26 Å². The molecule has 0 atom stereocenters. The molecule has 0 aromatic heterocycles. The van der Waals surface area contributed by atoms with Crippen LogP contribution in [0.15, 0.2) is 18.2 Å². The zero-order valence-electron chi connectivity index (χ0n) is 6.87. The first-order valence-corrected chi connectivity index (χ1v) is 3.60. The van der Waals surface area contributed by atoms with Crippen molar-refractivity contribution < 1.29 is 4.74 Å². The molecule has 1 aromatic rings. The zero-order chi connectivity index (χ0) is 8.97. The van der Waals surface area contributed by atoms with Gasteiger partial charge in [0.2, 0.25) is 0 Å². The number of nitrogen functional groups attached to an aromatic ring is 1. The van der Waals surface area contributed by atoms with Crippen LogP contribution in [0.5, 0.6) is 5.75 Å². The molecule has 3 heteroatoms. The van der Waals surface area contributed by atoms with Crippen LogP contribution in [0.2, 0.25) is 0 Å². The van der Waals surface area contributed by atoms with Gasteiger partial charge in [0.15, 0.2) is 6.61 Å². The molecule has 0 unspecified atom stereocenters. The number of benzene rings is 1. The lowest BCUT2D eigenvalue weighted by Gasteiger charge is -2.03. The number of anilines is 1. The molecule has 62 valence electrons. The maximum atomic E-state index is 8.25. The van der Waals surface area contributed by atoms with E-state index in [2.05, 4.69) is 0 Å². The van der Waals surface area contributed by atoms with Crippen molar-refractivity contribution in [3.05, 3.63) is 23.8 Å². The first-order chi connectivity index (χ1) is 5.74. The normalized spacial score (nSPS) is 9.00. The topological polar surface area (TPSA) is 59.0 Å². The fourth-order valence-corrected chi connectivity index (χ4v) is 0.854. The summed E-state index contributed by atoms with van der Waals surface area (Å²) in [6, 6.07) is 7.22. The number of nitrogens with zero attached hydrogens (tertiary/aromatic N) is 1. The van der Waals surface area contributed by atoms with E-state index < -0.39 is 0 Å². The van der Waals surface area contributed by atoms with Crippen LogP contribution < -0.4 is 10.5 Å². The smallest absolute Gasteiger partial charge is 0.174 e. The van der Waals surface area contributed by atoms with Crippen LogP contribution >= 0.6 is 0 Å². The van der Waals surface area contributed by atoms with E-state index in [1.165, 1.54) is 0 Å². The van der Waals surface area contributed by atoms with E-state index in [-0.39, 0.29) is 6.61 Å². The summed E-state index contributed by atoms with van der Waals surface area (Å²) in [5.41, 5.74) is 7.30. The molecule has 0 spiro atoms. The fourth-order valence-electron chi connectivity index (χ4n) is 0.854. The van der Waals surface area contributed by atoms with Crippen molar-refractivity contribution >= 4 is 5.69 Å². The summed E-state index contributed by atoms with van der Waals surface area (Å²) in [6.07, 6.45) is 0. The van der Waals surface area contributed by atoms with Gasteiger partial charge in [-0.05, 0) is 30.7 Å². The third kappa shape index (κ3) is 1.89. The first kappa shape index (κ1) is 8.41. The third-order valence-electron chi connectivity index (χ3n) is 1.54. The molecule has 0 bridgehead atoms. The fraction of sp³-hybridized carbons (Fsp3) is 0.222. The van der Waals surface area contributed by atoms with Crippen LogP contribution in [0, 0.1) is 18.3 Å². The predicted molar refractivity (Wildman–Crippen MR) is 46.7 cm³/mol. The Balaban J connectivity index is 2.77. The highest BCUT2D eigenvalue weighted by Crippen LogP contribution is 2.18. The van der Waals surface area contributed by atoms with Crippen molar-refractivity contribution in [3.63, 3.8) is 0 Å². The van der Waals surface area contributed by atoms with Crippen molar-refractivity contribution in [1.82, 2.24) is 0 Å². The Labute approximate surface area is 71.4 Å². The molecule has 0 aliphatic heterocycles. The molecule has 0 saturated carbocycles. The Morgan fingerprint density at radius 2 is 2.33 bits per heavy atom. The molecule has 3 nitrogen and oxygen atoms in total. The van der Waals surface area contributed by atoms with E-state index in [0.29, 0.717) is 5.75 Å². The largest absolute Gasteiger partial charge is 0.479 e. The quantitative estimate of drug-likeness (QED) is 0.670. The molecule has 0 aliphatic rings. The van der Waals surface area contributed by atoms with Gasteiger partial charge < -0.3 is 10.5 Å². The molecule has 0 heterocycles. The van der Waals surface area contributed by atoms with Crippen molar-refractivity contribution in [2.75, 3.05) is 12.3 Å². The van der Waals surface area contributed by atoms with E-state index in [1.54, 1.807) is 12.1 Å². The zero-order valence-corrected chi connectivity index (χ0v) is 6.87. The molecule has 0 amide bonds. The second-order valence-electron chi connectivity index (χ2n) is 2.47. The minimum absolute atomic E-state index is 0.0728. The highest BCUT2D eigenvalue weighted by Gasteiger charge is 1.96. The van der Waals surface area contributed by atoms with Gasteiger partial charge in [-0.1, -0.05) is 0 Å². The molecule has 1 aromatic carbocycles. The van der Waals surface area contributed by atoms with Gasteiger partial charge in [0, 0.05) is 5.69 Å². The summed E-state index contributed by atoms with van der Waals surface area (Å²) >= 11 is 0. The highest BCUT2D eigenvalue weighted by atomic mass is 16.5.